The van der Waals surface area contributed by atoms with Gasteiger partial charge in [0.1, 0.15) is 11.4 Å². The number of carbonyl (C=O) groups is 1. The number of nitrogens with zero attached hydrogens (tertiary/aromatic N) is 2. The fraction of sp³-hybridized carbons (Fsp3) is 0.536. The molecule has 5 rings (SSSR count). The van der Waals surface area contributed by atoms with E-state index in [0.29, 0.717) is 19.3 Å². The lowest BCUT2D eigenvalue weighted by molar-refractivity contribution is -0.746. The summed E-state index contributed by atoms with van der Waals surface area (Å²) in [6, 6.07) is 8.56. The number of carbonyl (C=O) groups excluding carboxylic acids is 1. The van der Waals surface area contributed by atoms with Crippen molar-refractivity contribution in [1.82, 2.24) is 0 Å². The molecule has 7 heteroatoms. The predicted molar refractivity (Wildman–Crippen MR) is 133 cm³/mol. The number of hydrogen-bond acceptors (Lipinski definition) is 6. The first-order valence-corrected chi connectivity index (χ1v) is 12.5. The Kier molecular flexibility index (Phi) is 5.66. The average molecular weight is 479 g/mol. The van der Waals surface area contributed by atoms with Gasteiger partial charge in [-0.25, -0.2) is 0 Å². The number of ketones is 1. The Labute approximate surface area is 206 Å². The summed E-state index contributed by atoms with van der Waals surface area (Å²) < 4.78 is 0. The van der Waals surface area contributed by atoms with Crippen molar-refractivity contribution in [3.05, 3.63) is 75.1 Å². The van der Waals surface area contributed by atoms with Gasteiger partial charge >= 0.3 is 0 Å². The van der Waals surface area contributed by atoms with Gasteiger partial charge in [-0.15, -0.1) is 10.1 Å². The van der Waals surface area contributed by atoms with Gasteiger partial charge in [0, 0.05) is 37.5 Å². The maximum atomic E-state index is 12.2. The van der Waals surface area contributed by atoms with Gasteiger partial charge in [-0.1, -0.05) is 31.2 Å². The van der Waals surface area contributed by atoms with Gasteiger partial charge in [-0.3, -0.25) is 9.63 Å². The molecule has 0 bridgehead atoms. The summed E-state index contributed by atoms with van der Waals surface area (Å²) >= 11 is 0. The minimum atomic E-state index is -1.47. The number of hydrogen-bond donors (Lipinski definition) is 1. The van der Waals surface area contributed by atoms with Crippen LogP contribution >= 0.6 is 0 Å². The normalized spacial score (nSPS) is 33.9. The number of anilines is 1. The van der Waals surface area contributed by atoms with Crippen molar-refractivity contribution in [1.29, 1.82) is 0 Å². The third-order valence-electron chi connectivity index (χ3n) is 9.34. The average Bonchev–Trinajstić information content (AvgIpc) is 3.09. The van der Waals surface area contributed by atoms with Crippen molar-refractivity contribution in [3.63, 3.8) is 0 Å². The lowest BCUT2D eigenvalue weighted by atomic mass is 9.51. The van der Waals surface area contributed by atoms with Crippen molar-refractivity contribution >= 4 is 11.5 Å². The summed E-state index contributed by atoms with van der Waals surface area (Å²) in [4.78, 5) is 30.2. The Morgan fingerprint density at radius 1 is 1.20 bits per heavy atom. The maximum Gasteiger partial charge on any atom is 0.299 e. The minimum Gasteiger partial charge on any atom is -0.383 e. The van der Waals surface area contributed by atoms with Crippen molar-refractivity contribution in [2.24, 2.45) is 17.3 Å². The summed E-state index contributed by atoms with van der Waals surface area (Å²) in [5.41, 5.74) is 4.13. The molecule has 2 saturated carbocycles. The second kappa shape index (κ2) is 8.33. The third kappa shape index (κ3) is 3.63. The highest BCUT2D eigenvalue weighted by Crippen LogP contribution is 2.68. The van der Waals surface area contributed by atoms with Crippen LogP contribution in [0.25, 0.3) is 0 Å². The molecule has 1 N–H and O–H groups in total. The fourth-order valence-corrected chi connectivity index (χ4v) is 7.59. The topological polar surface area (TPSA) is 92.9 Å². The summed E-state index contributed by atoms with van der Waals surface area (Å²) in [5, 5.41) is 22.1. The molecule has 0 aliphatic heterocycles. The fourth-order valence-electron chi connectivity index (χ4n) is 7.59. The largest absolute Gasteiger partial charge is 0.383 e. The number of rotatable bonds is 5. The number of aliphatic hydroxyl groups is 1. The van der Waals surface area contributed by atoms with E-state index in [1.54, 1.807) is 0 Å². The van der Waals surface area contributed by atoms with E-state index >= 15 is 0 Å². The molecule has 7 nitrogen and oxygen atoms in total. The maximum absolute atomic E-state index is 12.2. The molecule has 0 amide bonds. The summed E-state index contributed by atoms with van der Waals surface area (Å²) in [5.74, 6) is 0.518. The molecule has 0 saturated heterocycles. The van der Waals surface area contributed by atoms with Crippen molar-refractivity contribution in [2.45, 2.75) is 63.4 Å². The van der Waals surface area contributed by atoms with Crippen LogP contribution in [-0.2, 0) is 9.63 Å². The second-order valence-electron chi connectivity index (χ2n) is 11.1. The quantitative estimate of drug-likeness (QED) is 0.359. The van der Waals surface area contributed by atoms with E-state index in [0.717, 1.165) is 31.4 Å². The first-order chi connectivity index (χ1) is 16.5. The lowest BCUT2D eigenvalue weighted by Crippen LogP contribution is -2.53. The molecule has 1 aromatic carbocycles. The number of allylic oxidation sites excluding steroid dienone is 4. The van der Waals surface area contributed by atoms with E-state index < -0.39 is 16.1 Å². The van der Waals surface area contributed by atoms with Crippen LogP contribution in [-0.4, -0.2) is 35.7 Å². The standard InChI is InChI=1S/C28H34N2O5/c1-17(35-30(33)34)28(32)14-13-25-23-11-7-19-15-21(31)10-12-22(19)26(23)24(16-27(25,28)2)18-5-8-20(9-6-18)29(3)4/h5-6,8-9,15,23-25,32H,1,7,10-14,16H2,2-4H3/t23?,24-,25?,27+,28+/m1/s1. The molecule has 0 spiro atoms. The van der Waals surface area contributed by atoms with Gasteiger partial charge < -0.3 is 10.0 Å². The molecule has 2 unspecified atom stereocenters. The first kappa shape index (κ1) is 23.8. The van der Waals surface area contributed by atoms with Crippen LogP contribution in [0.1, 0.15) is 63.4 Å². The van der Waals surface area contributed by atoms with Gasteiger partial charge in [0.05, 0.1) is 0 Å². The van der Waals surface area contributed by atoms with E-state index in [-0.39, 0.29) is 29.3 Å². The summed E-state index contributed by atoms with van der Waals surface area (Å²) in [7, 11) is 4.03. The summed E-state index contributed by atoms with van der Waals surface area (Å²) in [6.07, 6.45) is 6.74. The van der Waals surface area contributed by atoms with Gasteiger partial charge in [0.25, 0.3) is 5.09 Å². The highest BCUT2D eigenvalue weighted by atomic mass is 17.0. The van der Waals surface area contributed by atoms with Crippen LogP contribution in [0, 0.1) is 27.4 Å². The van der Waals surface area contributed by atoms with Gasteiger partial charge in [-0.2, -0.15) is 0 Å². The van der Waals surface area contributed by atoms with E-state index in [1.807, 2.05) is 20.2 Å². The molecule has 4 aliphatic rings. The third-order valence-corrected chi connectivity index (χ3v) is 9.34. The van der Waals surface area contributed by atoms with Crippen LogP contribution < -0.4 is 4.90 Å². The van der Waals surface area contributed by atoms with Gasteiger partial charge in [0.15, 0.2) is 5.78 Å². The monoisotopic (exact) mass is 478 g/mol. The zero-order valence-corrected chi connectivity index (χ0v) is 20.8. The second-order valence-corrected chi connectivity index (χ2v) is 11.1. The Bertz CT molecular complexity index is 1150. The Balaban J connectivity index is 1.64. The number of fused-ring (bicyclic) bond motifs is 4. The molecule has 0 radical (unpaired) electrons. The Morgan fingerprint density at radius 3 is 2.57 bits per heavy atom. The van der Waals surface area contributed by atoms with E-state index in [1.165, 1.54) is 22.3 Å². The minimum absolute atomic E-state index is 0.0531. The van der Waals surface area contributed by atoms with Crippen LogP contribution in [0.5, 0.6) is 0 Å². The molecule has 1 aromatic rings. The predicted octanol–water partition coefficient (Wildman–Crippen LogP) is 5.11. The molecule has 186 valence electrons. The number of benzene rings is 1. The molecular formula is C28H34N2O5. The smallest absolute Gasteiger partial charge is 0.299 e. The SMILES string of the molecule is C=C(O[N+](=O)[O-])[C@@]1(O)CCC2C3CCC4=CC(=O)CCC4=C3[C@@H](c3ccc(N(C)C)cc3)C[C@@]21C. The van der Waals surface area contributed by atoms with Crippen LogP contribution in [0.15, 0.2) is 59.4 Å². The highest BCUT2D eigenvalue weighted by molar-refractivity contribution is 5.93. The van der Waals surface area contributed by atoms with Crippen molar-refractivity contribution in [2.75, 3.05) is 19.0 Å². The molecule has 2 fully saturated rings. The van der Waals surface area contributed by atoms with Crippen LogP contribution in [0.3, 0.4) is 0 Å². The molecule has 0 aromatic heterocycles. The molecule has 35 heavy (non-hydrogen) atoms. The molecule has 0 heterocycles. The first-order valence-electron chi connectivity index (χ1n) is 12.5. The lowest BCUT2D eigenvalue weighted by Gasteiger charge is -2.54. The van der Waals surface area contributed by atoms with E-state index in [9.17, 15) is 20.0 Å². The van der Waals surface area contributed by atoms with Crippen molar-refractivity contribution < 1.29 is 19.8 Å². The molecule has 4 aliphatic carbocycles. The Hall–Kier alpha value is -2.93. The van der Waals surface area contributed by atoms with Crippen molar-refractivity contribution in [3.8, 4) is 0 Å². The Morgan fingerprint density at radius 2 is 1.91 bits per heavy atom. The molecule has 5 atom stereocenters. The van der Waals surface area contributed by atoms with E-state index in [2.05, 4.69) is 42.7 Å². The molecular weight excluding hydrogens is 444 g/mol. The highest BCUT2D eigenvalue weighted by Gasteiger charge is 2.64. The zero-order valence-electron chi connectivity index (χ0n) is 20.8. The van der Waals surface area contributed by atoms with Gasteiger partial charge in [0.2, 0.25) is 0 Å². The van der Waals surface area contributed by atoms with Crippen LogP contribution in [0.2, 0.25) is 0 Å². The van der Waals surface area contributed by atoms with Gasteiger partial charge in [-0.05, 0) is 85.3 Å². The zero-order chi connectivity index (χ0) is 25.1. The van der Waals surface area contributed by atoms with E-state index in [4.69, 9.17) is 4.84 Å². The summed E-state index contributed by atoms with van der Waals surface area (Å²) in [6.45, 7) is 5.88. The van der Waals surface area contributed by atoms with Crippen LogP contribution in [0.4, 0.5) is 5.69 Å².